The third-order valence-corrected chi connectivity index (χ3v) is 4.32. The van der Waals surface area contributed by atoms with Gasteiger partial charge in [0.25, 0.3) is 0 Å². The zero-order valence-electron chi connectivity index (χ0n) is 13.4. The van der Waals surface area contributed by atoms with E-state index >= 15 is 0 Å². The normalized spacial score (nSPS) is 21.6. The summed E-state index contributed by atoms with van der Waals surface area (Å²) in [4.78, 5) is 4.96. The minimum atomic E-state index is 0.429. The second-order valence-corrected chi connectivity index (χ2v) is 6.31. The minimum Gasteiger partial charge on any atom is -0.312 e. The van der Waals surface area contributed by atoms with Crippen LogP contribution in [-0.4, -0.2) is 56.6 Å². The molecule has 1 saturated heterocycles. The van der Waals surface area contributed by atoms with Crippen LogP contribution in [0, 0.1) is 6.92 Å². The molecule has 0 saturated carbocycles. The van der Waals surface area contributed by atoms with E-state index in [-0.39, 0.29) is 0 Å². The van der Waals surface area contributed by atoms with Gasteiger partial charge in [-0.2, -0.15) is 0 Å². The van der Waals surface area contributed by atoms with Crippen LogP contribution in [0.15, 0.2) is 24.3 Å². The average molecular weight is 275 g/mol. The number of hydrogen-bond acceptors (Lipinski definition) is 3. The second kappa shape index (κ2) is 7.21. The zero-order valence-corrected chi connectivity index (χ0v) is 13.4. The van der Waals surface area contributed by atoms with Crippen LogP contribution < -0.4 is 5.32 Å². The molecule has 1 aromatic carbocycles. The molecule has 0 radical (unpaired) electrons. The molecule has 20 heavy (non-hydrogen) atoms. The average Bonchev–Trinajstić information content (AvgIpc) is 2.83. The molecule has 3 nitrogen and oxygen atoms in total. The monoisotopic (exact) mass is 275 g/mol. The lowest BCUT2D eigenvalue weighted by molar-refractivity contribution is 0.192. The van der Waals surface area contributed by atoms with E-state index < -0.39 is 0 Å². The quantitative estimate of drug-likeness (QED) is 0.859. The fourth-order valence-electron chi connectivity index (χ4n) is 3.16. The molecule has 2 rings (SSSR count). The van der Waals surface area contributed by atoms with E-state index in [4.69, 9.17) is 0 Å². The van der Waals surface area contributed by atoms with E-state index in [2.05, 4.69) is 67.4 Å². The van der Waals surface area contributed by atoms with Crippen molar-refractivity contribution in [3.05, 3.63) is 35.4 Å². The summed E-state index contributed by atoms with van der Waals surface area (Å²) in [6, 6.07) is 10.1. The lowest BCUT2D eigenvalue weighted by Crippen LogP contribution is -2.41. The summed E-state index contributed by atoms with van der Waals surface area (Å²) in [6.07, 6.45) is 2.67. The van der Waals surface area contributed by atoms with Crippen molar-refractivity contribution >= 4 is 0 Å². The van der Waals surface area contributed by atoms with E-state index in [1.54, 1.807) is 0 Å². The fourth-order valence-corrected chi connectivity index (χ4v) is 3.16. The van der Waals surface area contributed by atoms with Crippen molar-refractivity contribution in [2.45, 2.75) is 31.8 Å². The molecule has 1 aliphatic rings. The molecule has 0 amide bonds. The van der Waals surface area contributed by atoms with Crippen molar-refractivity contribution in [1.82, 2.24) is 15.1 Å². The van der Waals surface area contributed by atoms with Crippen molar-refractivity contribution in [3.8, 4) is 0 Å². The van der Waals surface area contributed by atoms with Crippen LogP contribution in [0.4, 0.5) is 0 Å². The molecular formula is C17H29N3. The van der Waals surface area contributed by atoms with Gasteiger partial charge in [0.1, 0.15) is 0 Å². The van der Waals surface area contributed by atoms with E-state index in [0.29, 0.717) is 12.1 Å². The molecule has 1 fully saturated rings. The summed E-state index contributed by atoms with van der Waals surface area (Å²) in [7, 11) is 6.42. The van der Waals surface area contributed by atoms with Gasteiger partial charge in [0, 0.05) is 25.2 Å². The Labute approximate surface area is 124 Å². The lowest BCUT2D eigenvalue weighted by atomic mass is 10.0. The Morgan fingerprint density at radius 3 is 2.60 bits per heavy atom. The van der Waals surface area contributed by atoms with Crippen molar-refractivity contribution < 1.29 is 0 Å². The first kappa shape index (κ1) is 15.5. The zero-order chi connectivity index (χ0) is 14.5. The number of likely N-dealkylation sites (N-methyl/N-ethyl adjacent to an activating group) is 2. The number of hydrogen-bond donors (Lipinski definition) is 1. The van der Waals surface area contributed by atoms with Crippen molar-refractivity contribution in [2.75, 3.05) is 40.8 Å². The fraction of sp³-hybridized carbons (Fsp3) is 0.647. The highest BCUT2D eigenvalue weighted by Crippen LogP contribution is 2.22. The van der Waals surface area contributed by atoms with Gasteiger partial charge in [0.05, 0.1) is 0 Å². The molecule has 2 unspecified atom stereocenters. The van der Waals surface area contributed by atoms with Gasteiger partial charge < -0.3 is 10.2 Å². The summed E-state index contributed by atoms with van der Waals surface area (Å²) in [5.41, 5.74) is 2.73. The van der Waals surface area contributed by atoms with E-state index in [1.165, 1.54) is 37.1 Å². The third kappa shape index (κ3) is 4.05. The number of likely N-dealkylation sites (tertiary alicyclic amines) is 1. The van der Waals surface area contributed by atoms with E-state index in [9.17, 15) is 0 Å². The molecule has 1 N–H and O–H groups in total. The van der Waals surface area contributed by atoms with Gasteiger partial charge in [-0.15, -0.1) is 0 Å². The first-order valence-electron chi connectivity index (χ1n) is 7.72. The third-order valence-electron chi connectivity index (χ3n) is 4.32. The molecule has 2 atom stereocenters. The van der Waals surface area contributed by atoms with Crippen molar-refractivity contribution in [3.63, 3.8) is 0 Å². The van der Waals surface area contributed by atoms with Gasteiger partial charge in [-0.25, -0.2) is 0 Å². The Morgan fingerprint density at radius 1 is 1.30 bits per heavy atom. The molecule has 112 valence electrons. The van der Waals surface area contributed by atoms with Crippen LogP contribution >= 0.6 is 0 Å². The highest BCUT2D eigenvalue weighted by atomic mass is 15.2. The summed E-state index contributed by atoms with van der Waals surface area (Å²) in [5.74, 6) is 0. The molecule has 0 spiro atoms. The predicted molar refractivity (Wildman–Crippen MR) is 86.1 cm³/mol. The van der Waals surface area contributed by atoms with E-state index in [0.717, 1.165) is 6.54 Å². The number of rotatable bonds is 6. The van der Waals surface area contributed by atoms with Gasteiger partial charge in [-0.3, -0.25) is 4.90 Å². The molecule has 1 heterocycles. The minimum absolute atomic E-state index is 0.429. The Kier molecular flexibility index (Phi) is 5.58. The largest absolute Gasteiger partial charge is 0.312 e. The highest BCUT2D eigenvalue weighted by molar-refractivity contribution is 5.24. The molecule has 1 aliphatic heterocycles. The molecule has 0 aliphatic carbocycles. The Balaban J connectivity index is 2.00. The standard InChI is InChI=1S/C17H29N3/c1-14-7-9-15(10-8-14)17(18-2)13-20-11-5-6-16(20)12-19(3)4/h7-10,16-18H,5-6,11-13H2,1-4H3. The summed E-state index contributed by atoms with van der Waals surface area (Å²) < 4.78 is 0. The van der Waals surface area contributed by atoms with Crippen LogP contribution in [-0.2, 0) is 0 Å². The highest BCUT2D eigenvalue weighted by Gasteiger charge is 2.27. The number of nitrogens with one attached hydrogen (secondary N) is 1. The topological polar surface area (TPSA) is 18.5 Å². The maximum atomic E-state index is 3.48. The van der Waals surface area contributed by atoms with Crippen LogP contribution in [0.2, 0.25) is 0 Å². The first-order chi connectivity index (χ1) is 9.60. The van der Waals surface area contributed by atoms with Crippen LogP contribution in [0.3, 0.4) is 0 Å². The molecule has 0 bridgehead atoms. The number of aryl methyl sites for hydroxylation is 1. The second-order valence-electron chi connectivity index (χ2n) is 6.31. The number of benzene rings is 1. The maximum absolute atomic E-state index is 3.48. The van der Waals surface area contributed by atoms with Crippen LogP contribution in [0.25, 0.3) is 0 Å². The van der Waals surface area contributed by atoms with Gasteiger partial charge in [-0.05, 0) is 53.0 Å². The van der Waals surface area contributed by atoms with E-state index in [1.807, 2.05) is 0 Å². The van der Waals surface area contributed by atoms with Crippen LogP contribution in [0.1, 0.15) is 30.0 Å². The number of nitrogens with zero attached hydrogens (tertiary/aromatic N) is 2. The smallest absolute Gasteiger partial charge is 0.0447 e. The predicted octanol–water partition coefficient (Wildman–Crippen LogP) is 2.28. The Bertz CT molecular complexity index is 399. The Hall–Kier alpha value is -0.900. The van der Waals surface area contributed by atoms with Gasteiger partial charge in [0.15, 0.2) is 0 Å². The Morgan fingerprint density at radius 2 is 2.00 bits per heavy atom. The summed E-state index contributed by atoms with van der Waals surface area (Å²) >= 11 is 0. The molecular weight excluding hydrogens is 246 g/mol. The maximum Gasteiger partial charge on any atom is 0.0447 e. The first-order valence-corrected chi connectivity index (χ1v) is 7.72. The van der Waals surface area contributed by atoms with Gasteiger partial charge >= 0.3 is 0 Å². The SMILES string of the molecule is CNC(CN1CCCC1CN(C)C)c1ccc(C)cc1. The summed E-state index contributed by atoms with van der Waals surface area (Å²) in [5, 5.41) is 3.48. The summed E-state index contributed by atoms with van der Waals surface area (Å²) in [6.45, 7) is 5.66. The molecule has 3 heteroatoms. The lowest BCUT2D eigenvalue weighted by Gasteiger charge is -2.30. The van der Waals surface area contributed by atoms with Crippen molar-refractivity contribution in [2.24, 2.45) is 0 Å². The molecule has 1 aromatic rings. The van der Waals surface area contributed by atoms with Gasteiger partial charge in [0.2, 0.25) is 0 Å². The van der Waals surface area contributed by atoms with Crippen molar-refractivity contribution in [1.29, 1.82) is 0 Å². The van der Waals surface area contributed by atoms with Crippen LogP contribution in [0.5, 0.6) is 0 Å². The van der Waals surface area contributed by atoms with Gasteiger partial charge in [-0.1, -0.05) is 29.8 Å². The molecule has 0 aromatic heterocycles.